The smallest absolute Gasteiger partial charge is 0.255 e. The molecule has 2 heterocycles. The molecule has 1 aliphatic rings. The SMILES string of the molecule is CCc1c(C(=O)N2CCN(C)[C@@H](CCO)C2)csc1C. The molecule has 0 saturated carbocycles. The third-order valence-electron chi connectivity index (χ3n) is 4.21. The Morgan fingerprint density at radius 1 is 1.50 bits per heavy atom. The first-order chi connectivity index (χ1) is 9.58. The number of hydrogen-bond donors (Lipinski definition) is 1. The lowest BCUT2D eigenvalue weighted by atomic mass is 10.1. The van der Waals surface area contributed by atoms with Crippen molar-refractivity contribution < 1.29 is 9.90 Å². The Kier molecular flexibility index (Phi) is 5.18. The first-order valence-electron chi connectivity index (χ1n) is 7.25. The van der Waals surface area contributed by atoms with Gasteiger partial charge in [-0.05, 0) is 32.4 Å². The highest BCUT2D eigenvalue weighted by Gasteiger charge is 2.28. The van der Waals surface area contributed by atoms with Gasteiger partial charge in [0.2, 0.25) is 0 Å². The van der Waals surface area contributed by atoms with Crippen LogP contribution in [0.3, 0.4) is 0 Å². The zero-order chi connectivity index (χ0) is 14.7. The van der Waals surface area contributed by atoms with E-state index < -0.39 is 0 Å². The molecule has 20 heavy (non-hydrogen) atoms. The molecule has 1 aliphatic heterocycles. The Bertz CT molecular complexity index is 472. The predicted molar refractivity (Wildman–Crippen MR) is 82.5 cm³/mol. The maximum Gasteiger partial charge on any atom is 0.255 e. The van der Waals surface area contributed by atoms with Crippen molar-refractivity contribution in [2.75, 3.05) is 33.3 Å². The molecule has 0 unspecified atom stereocenters. The molecule has 0 bridgehead atoms. The standard InChI is InChI=1S/C15H24N2O2S/c1-4-13-11(2)20-10-14(13)15(19)17-7-6-16(3)12(9-17)5-8-18/h10,12,18H,4-9H2,1-3H3/t12-/m0/s1. The zero-order valence-corrected chi connectivity index (χ0v) is 13.4. The number of amides is 1. The molecule has 0 aliphatic carbocycles. The van der Waals surface area contributed by atoms with E-state index in [1.54, 1.807) is 11.3 Å². The van der Waals surface area contributed by atoms with E-state index in [4.69, 9.17) is 5.11 Å². The monoisotopic (exact) mass is 296 g/mol. The van der Waals surface area contributed by atoms with Gasteiger partial charge in [0, 0.05) is 42.5 Å². The number of carbonyl (C=O) groups is 1. The normalized spacial score (nSPS) is 20.4. The number of aliphatic hydroxyl groups excluding tert-OH is 1. The number of aliphatic hydroxyl groups is 1. The van der Waals surface area contributed by atoms with E-state index in [0.717, 1.165) is 31.5 Å². The first-order valence-corrected chi connectivity index (χ1v) is 8.13. The van der Waals surface area contributed by atoms with Crippen LogP contribution in [0.2, 0.25) is 0 Å². The van der Waals surface area contributed by atoms with E-state index in [1.807, 2.05) is 10.3 Å². The maximum atomic E-state index is 12.7. The largest absolute Gasteiger partial charge is 0.396 e. The van der Waals surface area contributed by atoms with Crippen LogP contribution in [0.15, 0.2) is 5.38 Å². The fraction of sp³-hybridized carbons (Fsp3) is 0.667. The molecule has 1 saturated heterocycles. The summed E-state index contributed by atoms with van der Waals surface area (Å²) in [6.07, 6.45) is 1.63. The number of piperazine rings is 1. The first kappa shape index (κ1) is 15.5. The third-order valence-corrected chi connectivity index (χ3v) is 5.17. The fourth-order valence-electron chi connectivity index (χ4n) is 2.86. The molecule has 4 nitrogen and oxygen atoms in total. The lowest BCUT2D eigenvalue weighted by Gasteiger charge is -2.39. The minimum Gasteiger partial charge on any atom is -0.396 e. The number of thiophene rings is 1. The number of aryl methyl sites for hydroxylation is 1. The molecule has 1 aromatic heterocycles. The van der Waals surface area contributed by atoms with Gasteiger partial charge in [0.15, 0.2) is 0 Å². The molecule has 0 aromatic carbocycles. The summed E-state index contributed by atoms with van der Waals surface area (Å²) in [7, 11) is 2.06. The van der Waals surface area contributed by atoms with Gasteiger partial charge in [-0.15, -0.1) is 11.3 Å². The van der Waals surface area contributed by atoms with Crippen LogP contribution in [0.1, 0.15) is 34.1 Å². The summed E-state index contributed by atoms with van der Waals surface area (Å²) in [5.41, 5.74) is 2.07. The average Bonchev–Trinajstić information content (AvgIpc) is 2.81. The summed E-state index contributed by atoms with van der Waals surface area (Å²) in [6.45, 7) is 6.72. The predicted octanol–water partition coefficient (Wildman–Crippen LogP) is 1.76. The quantitative estimate of drug-likeness (QED) is 0.921. The van der Waals surface area contributed by atoms with Crippen molar-refractivity contribution in [3.63, 3.8) is 0 Å². The molecule has 5 heteroatoms. The second kappa shape index (κ2) is 6.70. The molecule has 1 fully saturated rings. The van der Waals surface area contributed by atoms with Crippen LogP contribution >= 0.6 is 11.3 Å². The number of nitrogens with zero attached hydrogens (tertiary/aromatic N) is 2. The van der Waals surface area contributed by atoms with Crippen LogP contribution in [0.25, 0.3) is 0 Å². The number of likely N-dealkylation sites (N-methyl/N-ethyl adjacent to an activating group) is 1. The van der Waals surface area contributed by atoms with Gasteiger partial charge in [-0.1, -0.05) is 6.92 Å². The van der Waals surface area contributed by atoms with Gasteiger partial charge in [0.25, 0.3) is 5.91 Å². The van der Waals surface area contributed by atoms with Crippen molar-refractivity contribution in [1.29, 1.82) is 0 Å². The summed E-state index contributed by atoms with van der Waals surface area (Å²) in [5.74, 6) is 0.155. The Hall–Kier alpha value is -0.910. The van der Waals surface area contributed by atoms with E-state index in [2.05, 4.69) is 25.8 Å². The van der Waals surface area contributed by atoms with Crippen molar-refractivity contribution in [3.8, 4) is 0 Å². The van der Waals surface area contributed by atoms with Crippen LogP contribution in [-0.2, 0) is 6.42 Å². The summed E-state index contributed by atoms with van der Waals surface area (Å²) in [6, 6.07) is 0.266. The van der Waals surface area contributed by atoms with Gasteiger partial charge in [0.05, 0.1) is 5.56 Å². The van der Waals surface area contributed by atoms with Crippen molar-refractivity contribution in [1.82, 2.24) is 9.80 Å². The van der Waals surface area contributed by atoms with Crippen molar-refractivity contribution >= 4 is 17.2 Å². The summed E-state index contributed by atoms with van der Waals surface area (Å²) >= 11 is 1.66. The molecule has 112 valence electrons. The third kappa shape index (κ3) is 3.05. The van der Waals surface area contributed by atoms with E-state index in [9.17, 15) is 4.79 Å². The zero-order valence-electron chi connectivity index (χ0n) is 12.6. The molecule has 0 radical (unpaired) electrons. The minimum atomic E-state index is 0.155. The summed E-state index contributed by atoms with van der Waals surface area (Å²) in [5, 5.41) is 11.1. The van der Waals surface area contributed by atoms with Gasteiger partial charge >= 0.3 is 0 Å². The van der Waals surface area contributed by atoms with Crippen LogP contribution < -0.4 is 0 Å². The molecule has 1 aromatic rings. The second-order valence-electron chi connectivity index (χ2n) is 5.44. The Morgan fingerprint density at radius 2 is 2.25 bits per heavy atom. The number of rotatable bonds is 4. The lowest BCUT2D eigenvalue weighted by Crippen LogP contribution is -2.53. The van der Waals surface area contributed by atoms with Crippen LogP contribution in [0, 0.1) is 6.92 Å². The number of carbonyl (C=O) groups excluding carboxylic acids is 1. The molecule has 2 rings (SSSR count). The lowest BCUT2D eigenvalue weighted by molar-refractivity contribution is 0.0500. The van der Waals surface area contributed by atoms with E-state index >= 15 is 0 Å². The molecular weight excluding hydrogens is 272 g/mol. The van der Waals surface area contributed by atoms with E-state index in [0.29, 0.717) is 6.54 Å². The van der Waals surface area contributed by atoms with Crippen molar-refractivity contribution in [2.24, 2.45) is 0 Å². The highest BCUT2D eigenvalue weighted by molar-refractivity contribution is 7.10. The minimum absolute atomic E-state index is 0.155. The molecule has 0 spiro atoms. The van der Waals surface area contributed by atoms with Crippen LogP contribution in [0.4, 0.5) is 0 Å². The van der Waals surface area contributed by atoms with Gasteiger partial charge in [-0.25, -0.2) is 0 Å². The Labute approximate surface area is 125 Å². The molecular formula is C15H24N2O2S. The Morgan fingerprint density at radius 3 is 2.90 bits per heavy atom. The molecule has 1 atom stereocenters. The topological polar surface area (TPSA) is 43.8 Å². The van der Waals surface area contributed by atoms with Gasteiger partial charge < -0.3 is 10.0 Å². The highest BCUT2D eigenvalue weighted by atomic mass is 32.1. The number of hydrogen-bond acceptors (Lipinski definition) is 4. The van der Waals surface area contributed by atoms with E-state index in [-0.39, 0.29) is 18.6 Å². The maximum absolute atomic E-state index is 12.7. The summed E-state index contributed by atoms with van der Waals surface area (Å²) < 4.78 is 0. The Balaban J connectivity index is 2.12. The average molecular weight is 296 g/mol. The highest BCUT2D eigenvalue weighted by Crippen LogP contribution is 2.24. The fourth-order valence-corrected chi connectivity index (χ4v) is 3.79. The molecule has 1 amide bonds. The second-order valence-corrected chi connectivity index (χ2v) is 6.52. The van der Waals surface area contributed by atoms with Gasteiger partial charge in [-0.2, -0.15) is 0 Å². The van der Waals surface area contributed by atoms with Gasteiger partial charge in [-0.3, -0.25) is 9.69 Å². The molecule has 1 N–H and O–H groups in total. The summed E-state index contributed by atoms with van der Waals surface area (Å²) in [4.78, 5) is 18.1. The van der Waals surface area contributed by atoms with Crippen molar-refractivity contribution in [3.05, 3.63) is 21.4 Å². The van der Waals surface area contributed by atoms with Crippen LogP contribution in [-0.4, -0.2) is 60.1 Å². The van der Waals surface area contributed by atoms with Crippen LogP contribution in [0.5, 0.6) is 0 Å². The van der Waals surface area contributed by atoms with E-state index in [1.165, 1.54) is 10.4 Å². The van der Waals surface area contributed by atoms with Gasteiger partial charge in [0.1, 0.15) is 0 Å². The van der Waals surface area contributed by atoms with Crippen molar-refractivity contribution in [2.45, 2.75) is 32.7 Å².